The lowest BCUT2D eigenvalue weighted by Crippen LogP contribution is -2.17. The van der Waals surface area contributed by atoms with E-state index in [0.717, 1.165) is 17.1 Å². The van der Waals surface area contributed by atoms with Gasteiger partial charge in [0.1, 0.15) is 0 Å². The molecule has 0 aliphatic heterocycles. The topological polar surface area (TPSA) is 8.17 Å². The fourth-order valence-corrected chi connectivity index (χ4v) is 10.1. The Morgan fingerprint density at radius 3 is 1.82 bits per heavy atom. The van der Waals surface area contributed by atoms with Crippen LogP contribution in [-0.4, -0.2) is 4.57 Å². The van der Waals surface area contributed by atoms with Gasteiger partial charge in [0.2, 0.25) is 0 Å². The number of benzene rings is 8. The minimum Gasteiger partial charge on any atom is -0.310 e. The van der Waals surface area contributed by atoms with Crippen molar-refractivity contribution >= 4 is 38.9 Å². The highest BCUT2D eigenvalue weighted by Crippen LogP contribution is 2.56. The van der Waals surface area contributed by atoms with Gasteiger partial charge in [0.25, 0.3) is 0 Å². The molecule has 0 bridgehead atoms. The summed E-state index contributed by atoms with van der Waals surface area (Å²) < 4.78 is 2.44. The van der Waals surface area contributed by atoms with Crippen LogP contribution in [0.1, 0.15) is 57.4 Å². The fourth-order valence-electron chi connectivity index (χ4n) is 10.1. The molecular weight excluding hydrogens is 689 g/mol. The molecule has 2 heteroatoms. The summed E-state index contributed by atoms with van der Waals surface area (Å²) in [5.41, 5.74) is 20.0. The highest BCUT2D eigenvalue weighted by Gasteiger charge is 2.39. The van der Waals surface area contributed by atoms with Crippen LogP contribution in [0.4, 0.5) is 17.1 Å². The minimum atomic E-state index is -0.122. The zero-order valence-electron chi connectivity index (χ0n) is 32.2. The van der Waals surface area contributed by atoms with Crippen LogP contribution in [-0.2, 0) is 10.8 Å². The lowest BCUT2D eigenvalue weighted by molar-refractivity contribution is 0.660. The van der Waals surface area contributed by atoms with Crippen LogP contribution in [0.2, 0.25) is 0 Å². The number of anilines is 3. The molecule has 11 rings (SSSR count). The molecule has 0 atom stereocenters. The van der Waals surface area contributed by atoms with Crippen molar-refractivity contribution in [1.82, 2.24) is 4.57 Å². The summed E-state index contributed by atoms with van der Waals surface area (Å²) in [5, 5.41) is 2.51. The van der Waals surface area contributed by atoms with E-state index in [1.54, 1.807) is 0 Å². The van der Waals surface area contributed by atoms with Gasteiger partial charge in [0.05, 0.1) is 16.7 Å². The van der Waals surface area contributed by atoms with E-state index in [2.05, 4.69) is 219 Å². The zero-order valence-corrected chi connectivity index (χ0v) is 32.2. The molecule has 0 radical (unpaired) electrons. The zero-order chi connectivity index (χ0) is 37.8. The maximum atomic E-state index is 2.52. The quantitative estimate of drug-likeness (QED) is 0.171. The molecule has 2 aliphatic carbocycles. The van der Waals surface area contributed by atoms with Crippen molar-refractivity contribution in [2.75, 3.05) is 4.90 Å². The maximum Gasteiger partial charge on any atom is 0.0619 e. The first-order valence-electron chi connectivity index (χ1n) is 19.8. The van der Waals surface area contributed by atoms with Crippen LogP contribution in [0.15, 0.2) is 182 Å². The molecule has 1 heterocycles. The molecule has 0 fully saturated rings. The lowest BCUT2D eigenvalue weighted by atomic mass is 9.82. The van der Waals surface area contributed by atoms with E-state index >= 15 is 0 Å². The van der Waals surface area contributed by atoms with Gasteiger partial charge in [-0.2, -0.15) is 0 Å². The van der Waals surface area contributed by atoms with E-state index in [9.17, 15) is 0 Å². The first-order valence-corrected chi connectivity index (χ1v) is 19.8. The molecule has 276 valence electrons. The van der Waals surface area contributed by atoms with Gasteiger partial charge in [-0.15, -0.1) is 0 Å². The molecule has 0 spiro atoms. The van der Waals surface area contributed by atoms with E-state index in [1.165, 1.54) is 83.1 Å². The second-order valence-corrected chi connectivity index (χ2v) is 16.5. The molecule has 2 aliphatic rings. The van der Waals surface area contributed by atoms with Crippen LogP contribution in [0.25, 0.3) is 60.9 Å². The average molecular weight is 735 g/mol. The monoisotopic (exact) mass is 734 g/mol. The Balaban J connectivity index is 0.00000396. The number of nitrogens with zero attached hydrogens (tertiary/aromatic N) is 2. The van der Waals surface area contributed by atoms with Gasteiger partial charge < -0.3 is 9.47 Å². The molecule has 9 aromatic rings. The summed E-state index contributed by atoms with van der Waals surface area (Å²) in [6.07, 6.45) is 0. The number of fused-ring (bicyclic) bond motifs is 9. The van der Waals surface area contributed by atoms with E-state index in [1.807, 2.05) is 0 Å². The van der Waals surface area contributed by atoms with Gasteiger partial charge in [0.15, 0.2) is 0 Å². The summed E-state index contributed by atoms with van der Waals surface area (Å²) in [4.78, 5) is 2.52. The van der Waals surface area contributed by atoms with Crippen molar-refractivity contribution in [2.45, 2.75) is 46.0 Å². The van der Waals surface area contributed by atoms with Crippen LogP contribution >= 0.6 is 0 Å². The minimum absolute atomic E-state index is 0. The van der Waals surface area contributed by atoms with Crippen LogP contribution in [0.5, 0.6) is 0 Å². The smallest absolute Gasteiger partial charge is 0.0619 e. The predicted octanol–water partition coefficient (Wildman–Crippen LogP) is 15.2. The summed E-state index contributed by atoms with van der Waals surface area (Å²) in [5.74, 6) is 0. The van der Waals surface area contributed by atoms with Gasteiger partial charge in [0, 0.05) is 49.8 Å². The second kappa shape index (κ2) is 12.7. The van der Waals surface area contributed by atoms with Crippen molar-refractivity contribution in [3.05, 3.63) is 204 Å². The molecule has 0 amide bonds. The lowest BCUT2D eigenvalue weighted by Gasteiger charge is -2.30. The Kier molecular flexibility index (Phi) is 7.76. The molecule has 1 aromatic heterocycles. The Labute approximate surface area is 336 Å². The average Bonchev–Trinajstić information content (AvgIpc) is 3.79. The Hall–Kier alpha value is -6.64. The van der Waals surface area contributed by atoms with E-state index in [0.29, 0.717) is 0 Å². The van der Waals surface area contributed by atoms with Gasteiger partial charge in [-0.1, -0.05) is 169 Å². The molecule has 8 aromatic carbocycles. The summed E-state index contributed by atoms with van der Waals surface area (Å²) in [6.45, 7) is 9.48. The third-order valence-corrected chi connectivity index (χ3v) is 12.8. The van der Waals surface area contributed by atoms with Crippen LogP contribution < -0.4 is 4.90 Å². The van der Waals surface area contributed by atoms with E-state index in [-0.39, 0.29) is 18.3 Å². The SMILES string of the molecule is C.CC1(C)c2ccccc2-c2ccc(N(c3cccc(-c4cccc5c6ccccc6n(-c6ccccc6)c45)c3)c3cccc4c3-c3ccccc3C4(C)C)cc21. The van der Waals surface area contributed by atoms with Crippen molar-refractivity contribution < 1.29 is 0 Å². The summed E-state index contributed by atoms with van der Waals surface area (Å²) in [6, 6.07) is 67.5. The van der Waals surface area contributed by atoms with Crippen molar-refractivity contribution in [2.24, 2.45) is 0 Å². The van der Waals surface area contributed by atoms with Crippen LogP contribution in [0, 0.1) is 0 Å². The normalized spacial score (nSPS) is 14.1. The van der Waals surface area contributed by atoms with Gasteiger partial charge in [-0.05, 0) is 93.0 Å². The number of para-hydroxylation sites is 3. The fraction of sp³-hybridized carbons (Fsp3) is 0.127. The van der Waals surface area contributed by atoms with Crippen molar-refractivity contribution in [1.29, 1.82) is 0 Å². The first kappa shape index (κ1) is 34.8. The van der Waals surface area contributed by atoms with Crippen molar-refractivity contribution in [3.8, 4) is 39.1 Å². The van der Waals surface area contributed by atoms with Crippen LogP contribution in [0.3, 0.4) is 0 Å². The maximum absolute atomic E-state index is 2.52. The second-order valence-electron chi connectivity index (χ2n) is 16.5. The number of rotatable bonds is 5. The number of aromatic nitrogens is 1. The third kappa shape index (κ3) is 4.96. The Morgan fingerprint density at radius 2 is 1.00 bits per heavy atom. The molecule has 0 N–H and O–H groups in total. The third-order valence-electron chi connectivity index (χ3n) is 12.8. The Morgan fingerprint density at radius 1 is 0.421 bits per heavy atom. The molecular formula is C55H46N2. The number of hydrogen-bond donors (Lipinski definition) is 0. The predicted molar refractivity (Wildman–Crippen MR) is 243 cm³/mol. The first-order chi connectivity index (χ1) is 27.3. The van der Waals surface area contributed by atoms with Gasteiger partial charge in [-0.3, -0.25) is 0 Å². The summed E-state index contributed by atoms with van der Waals surface area (Å²) in [7, 11) is 0. The highest BCUT2D eigenvalue weighted by molar-refractivity contribution is 6.14. The van der Waals surface area contributed by atoms with Gasteiger partial charge >= 0.3 is 0 Å². The highest BCUT2D eigenvalue weighted by atomic mass is 15.1. The Bertz CT molecular complexity index is 3030. The van der Waals surface area contributed by atoms with E-state index < -0.39 is 0 Å². The molecule has 0 saturated carbocycles. The molecule has 0 unspecified atom stereocenters. The molecule has 57 heavy (non-hydrogen) atoms. The van der Waals surface area contributed by atoms with E-state index in [4.69, 9.17) is 0 Å². The number of hydrogen-bond acceptors (Lipinski definition) is 1. The standard InChI is InChI=1S/C54H42N2.CH4/c1-53(2)46-27-12-9-23-44(46)51-47(53)28-16-30-50(51)55(38-31-32-41-40-21-8-11-26-45(40)54(3,4)48(41)34-38)37-20-14-17-35(33-37)39-24-15-25-43-42-22-10-13-29-49(42)56(52(39)43)36-18-6-5-7-19-36;/h5-34H,1-4H3;1H4. The summed E-state index contributed by atoms with van der Waals surface area (Å²) >= 11 is 0. The largest absolute Gasteiger partial charge is 0.310 e. The van der Waals surface area contributed by atoms with Crippen molar-refractivity contribution in [3.63, 3.8) is 0 Å². The molecule has 0 saturated heterocycles. The van der Waals surface area contributed by atoms with Gasteiger partial charge in [-0.25, -0.2) is 0 Å². The molecule has 2 nitrogen and oxygen atoms in total.